The lowest BCUT2D eigenvalue weighted by Gasteiger charge is -2.34. The molecule has 1 saturated carbocycles. The zero-order valence-electron chi connectivity index (χ0n) is 16.2. The van der Waals surface area contributed by atoms with Crippen molar-refractivity contribution in [1.82, 2.24) is 14.3 Å². The highest BCUT2D eigenvalue weighted by Gasteiger charge is 2.37. The van der Waals surface area contributed by atoms with E-state index in [-0.39, 0.29) is 24.5 Å². The summed E-state index contributed by atoms with van der Waals surface area (Å²) in [5, 5.41) is 0.537. The fourth-order valence-corrected chi connectivity index (χ4v) is 4.93. The second-order valence-corrected chi connectivity index (χ2v) is 9.53. The number of aryl methyl sites for hydroxylation is 1. The second-order valence-electron chi connectivity index (χ2n) is 7.93. The number of rotatable bonds is 6. The molecule has 1 aromatic heterocycles. The molecule has 2 aliphatic rings. The van der Waals surface area contributed by atoms with Crippen molar-refractivity contribution in [3.63, 3.8) is 0 Å². The zero-order valence-corrected chi connectivity index (χ0v) is 17.7. The van der Waals surface area contributed by atoms with Crippen LogP contribution in [-0.4, -0.2) is 32.4 Å². The van der Waals surface area contributed by atoms with E-state index in [0.717, 1.165) is 41.5 Å². The molecule has 2 heterocycles. The van der Waals surface area contributed by atoms with Crippen LogP contribution in [0.4, 0.5) is 18.9 Å². The fourth-order valence-electron chi connectivity index (χ4n) is 3.99. The first-order valence-electron chi connectivity index (χ1n) is 9.83. The van der Waals surface area contributed by atoms with Crippen LogP contribution in [0, 0.1) is 12.8 Å². The maximum atomic E-state index is 13.2. The van der Waals surface area contributed by atoms with E-state index in [0.29, 0.717) is 18.1 Å². The van der Waals surface area contributed by atoms with Gasteiger partial charge in [0, 0.05) is 41.8 Å². The average molecular weight is 445 g/mol. The molecule has 1 aliphatic heterocycles. The highest BCUT2D eigenvalue weighted by molar-refractivity contribution is 7.97. The van der Waals surface area contributed by atoms with Crippen LogP contribution in [0.25, 0.3) is 0 Å². The Hall–Kier alpha value is -1.38. The van der Waals surface area contributed by atoms with E-state index in [4.69, 9.17) is 11.6 Å². The SMILES string of the molecule is Cc1ncc(CN2c3ccc(Cl)cc3CN(SC(F)(F)F)CC2CCC2CC2)[nH]1. The van der Waals surface area contributed by atoms with Crippen LogP contribution in [-0.2, 0) is 13.1 Å². The summed E-state index contributed by atoms with van der Waals surface area (Å²) in [4.78, 5) is 9.77. The zero-order chi connectivity index (χ0) is 20.6. The number of nitrogens with one attached hydrogen (secondary N) is 1. The smallest absolute Gasteiger partial charge is 0.361 e. The number of alkyl halides is 3. The Balaban J connectivity index is 1.67. The molecule has 29 heavy (non-hydrogen) atoms. The molecular weight excluding hydrogens is 421 g/mol. The van der Waals surface area contributed by atoms with Crippen molar-refractivity contribution in [2.45, 2.75) is 57.2 Å². The maximum Gasteiger partial charge on any atom is 0.456 e. The Labute approximate surface area is 177 Å². The fraction of sp³-hybridized carbons (Fsp3) is 0.550. The van der Waals surface area contributed by atoms with Gasteiger partial charge in [-0.25, -0.2) is 9.29 Å². The molecule has 1 unspecified atom stereocenters. The lowest BCUT2D eigenvalue weighted by Crippen LogP contribution is -2.40. The van der Waals surface area contributed by atoms with Crippen molar-refractivity contribution in [2.24, 2.45) is 5.92 Å². The Bertz CT molecular complexity index is 852. The molecule has 0 saturated heterocycles. The Morgan fingerprint density at radius 1 is 1.28 bits per heavy atom. The van der Waals surface area contributed by atoms with Crippen molar-refractivity contribution in [3.05, 3.63) is 46.5 Å². The van der Waals surface area contributed by atoms with Crippen LogP contribution in [0.3, 0.4) is 0 Å². The molecule has 4 rings (SSSR count). The Kier molecular flexibility index (Phi) is 6.04. The third-order valence-electron chi connectivity index (χ3n) is 5.49. The van der Waals surface area contributed by atoms with Crippen LogP contribution in [0.1, 0.15) is 42.8 Å². The minimum atomic E-state index is -4.31. The molecule has 158 valence electrons. The van der Waals surface area contributed by atoms with Gasteiger partial charge in [0.15, 0.2) is 0 Å². The number of hydrogen-bond donors (Lipinski definition) is 1. The number of aromatic amines is 1. The van der Waals surface area contributed by atoms with Crippen LogP contribution >= 0.6 is 23.5 Å². The van der Waals surface area contributed by atoms with E-state index < -0.39 is 5.51 Å². The van der Waals surface area contributed by atoms with Gasteiger partial charge in [-0.2, -0.15) is 13.2 Å². The van der Waals surface area contributed by atoms with Crippen molar-refractivity contribution < 1.29 is 13.2 Å². The number of H-pyrrole nitrogens is 1. The van der Waals surface area contributed by atoms with Crippen molar-refractivity contribution in [2.75, 3.05) is 11.4 Å². The van der Waals surface area contributed by atoms with E-state index in [2.05, 4.69) is 14.9 Å². The molecule has 0 amide bonds. The summed E-state index contributed by atoms with van der Waals surface area (Å²) in [6.45, 7) is 3.02. The quantitative estimate of drug-likeness (QED) is 0.561. The van der Waals surface area contributed by atoms with Crippen LogP contribution in [0.2, 0.25) is 5.02 Å². The Morgan fingerprint density at radius 3 is 2.72 bits per heavy atom. The largest absolute Gasteiger partial charge is 0.456 e. The minimum Gasteiger partial charge on any atom is -0.361 e. The highest BCUT2D eigenvalue weighted by atomic mass is 35.5. The molecule has 1 atom stereocenters. The lowest BCUT2D eigenvalue weighted by atomic mass is 10.1. The van der Waals surface area contributed by atoms with Crippen molar-refractivity contribution in [3.8, 4) is 0 Å². The number of benzene rings is 1. The van der Waals surface area contributed by atoms with Crippen molar-refractivity contribution in [1.29, 1.82) is 0 Å². The predicted octanol–water partition coefficient (Wildman–Crippen LogP) is 5.92. The maximum absolute atomic E-state index is 13.2. The number of anilines is 1. The molecule has 1 fully saturated rings. The van der Waals surface area contributed by atoms with Gasteiger partial charge in [0.2, 0.25) is 0 Å². The molecule has 0 radical (unpaired) electrons. The standard InChI is InChI=1S/C20H24ClF3N4S/c1-13-25-9-17(26-13)11-28-18(6-4-14-2-3-14)12-27(29-20(22,23)24)10-15-8-16(21)5-7-19(15)28/h5,7-9,14,18H,2-4,6,10-12H2,1H3,(H,25,26). The summed E-state index contributed by atoms with van der Waals surface area (Å²) in [5.41, 5.74) is -1.58. The molecule has 1 aliphatic carbocycles. The normalized spacial score (nSPS) is 20.6. The van der Waals surface area contributed by atoms with Gasteiger partial charge in [-0.05, 0) is 49.4 Å². The topological polar surface area (TPSA) is 35.2 Å². The number of hydrogen-bond acceptors (Lipinski definition) is 4. The molecule has 0 bridgehead atoms. The molecule has 9 heteroatoms. The molecule has 4 nitrogen and oxygen atoms in total. The van der Waals surface area contributed by atoms with E-state index in [1.54, 1.807) is 12.3 Å². The Morgan fingerprint density at radius 2 is 2.07 bits per heavy atom. The van der Waals surface area contributed by atoms with Crippen LogP contribution < -0.4 is 4.90 Å². The monoisotopic (exact) mass is 444 g/mol. The van der Waals surface area contributed by atoms with Gasteiger partial charge >= 0.3 is 5.51 Å². The van der Waals surface area contributed by atoms with Gasteiger partial charge < -0.3 is 9.88 Å². The summed E-state index contributed by atoms with van der Waals surface area (Å²) in [6.07, 6.45) is 6.20. The minimum absolute atomic E-state index is 0.0171. The first kappa shape index (κ1) is 20.9. The summed E-state index contributed by atoms with van der Waals surface area (Å²) < 4.78 is 41.0. The van der Waals surface area contributed by atoms with E-state index >= 15 is 0 Å². The van der Waals surface area contributed by atoms with Gasteiger partial charge in [-0.15, -0.1) is 0 Å². The van der Waals surface area contributed by atoms with Crippen LogP contribution in [0.5, 0.6) is 0 Å². The number of aromatic nitrogens is 2. The van der Waals surface area contributed by atoms with Crippen LogP contribution in [0.15, 0.2) is 24.4 Å². The number of fused-ring (bicyclic) bond motifs is 1. The predicted molar refractivity (Wildman–Crippen MR) is 111 cm³/mol. The molecular formula is C20H24ClF3N4S. The van der Waals surface area contributed by atoms with Gasteiger partial charge in [0.25, 0.3) is 0 Å². The molecule has 2 aromatic rings. The third-order valence-corrected chi connectivity index (χ3v) is 6.47. The first-order chi connectivity index (χ1) is 13.8. The highest BCUT2D eigenvalue weighted by Crippen LogP contribution is 2.41. The van der Waals surface area contributed by atoms with Gasteiger partial charge in [0.05, 0.1) is 18.4 Å². The second kappa shape index (κ2) is 8.40. The molecule has 1 aromatic carbocycles. The van der Waals surface area contributed by atoms with Crippen molar-refractivity contribution >= 4 is 29.2 Å². The summed E-state index contributed by atoms with van der Waals surface area (Å²) >= 11 is 6.16. The third kappa shape index (κ3) is 5.61. The van der Waals surface area contributed by atoms with Gasteiger partial charge in [-0.3, -0.25) is 0 Å². The lowest BCUT2D eigenvalue weighted by molar-refractivity contribution is -0.0364. The number of halogens is 4. The van der Waals surface area contributed by atoms with E-state index in [9.17, 15) is 13.2 Å². The molecule has 1 N–H and O–H groups in total. The first-order valence-corrected chi connectivity index (χ1v) is 11.0. The van der Waals surface area contributed by atoms with E-state index in [1.165, 1.54) is 17.1 Å². The summed E-state index contributed by atoms with van der Waals surface area (Å²) in [5.74, 6) is 1.55. The summed E-state index contributed by atoms with van der Waals surface area (Å²) in [7, 11) is 0. The number of nitrogens with zero attached hydrogens (tertiary/aromatic N) is 3. The molecule has 0 spiro atoms. The number of imidazole rings is 1. The van der Waals surface area contributed by atoms with Gasteiger partial charge in [-0.1, -0.05) is 24.4 Å². The summed E-state index contributed by atoms with van der Waals surface area (Å²) in [6, 6.07) is 5.52. The van der Waals surface area contributed by atoms with E-state index in [1.807, 2.05) is 19.1 Å². The average Bonchev–Trinajstić information content (AvgIpc) is 3.37. The van der Waals surface area contributed by atoms with Gasteiger partial charge in [0.1, 0.15) is 5.82 Å².